The first-order valence-electron chi connectivity index (χ1n) is 5.10. The van der Waals surface area contributed by atoms with E-state index in [1.165, 1.54) is 0 Å². The summed E-state index contributed by atoms with van der Waals surface area (Å²) in [6, 6.07) is -0.817. The van der Waals surface area contributed by atoms with E-state index < -0.39 is 12.0 Å². The Morgan fingerprint density at radius 2 is 1.87 bits per heavy atom. The Morgan fingerprint density at radius 1 is 1.33 bits per heavy atom. The van der Waals surface area contributed by atoms with Gasteiger partial charge in [-0.3, -0.25) is 4.79 Å². The van der Waals surface area contributed by atoms with Gasteiger partial charge in [-0.05, 0) is 18.4 Å². The van der Waals surface area contributed by atoms with Crippen molar-refractivity contribution in [2.24, 2.45) is 17.6 Å². The molecule has 2 atom stereocenters. The number of carboxylic acids is 1. The number of nitrogens with two attached hydrogens (primary N) is 1. The lowest BCUT2D eigenvalue weighted by Gasteiger charge is -2.18. The van der Waals surface area contributed by atoms with Crippen molar-refractivity contribution in [2.75, 3.05) is 6.54 Å². The second-order valence-corrected chi connectivity index (χ2v) is 4.17. The van der Waals surface area contributed by atoms with Crippen molar-refractivity contribution in [1.29, 1.82) is 0 Å². The summed E-state index contributed by atoms with van der Waals surface area (Å²) >= 11 is 0. The quantitative estimate of drug-likeness (QED) is 0.591. The summed E-state index contributed by atoms with van der Waals surface area (Å²) in [4.78, 5) is 22.2. The van der Waals surface area contributed by atoms with E-state index in [4.69, 9.17) is 10.8 Å². The predicted octanol–water partition coefficient (Wildman–Crippen LogP) is 0.197. The molecule has 0 aliphatic carbocycles. The summed E-state index contributed by atoms with van der Waals surface area (Å²) in [6.45, 7) is 5.79. The normalized spacial score (nSPS) is 14.7. The van der Waals surface area contributed by atoms with Crippen molar-refractivity contribution < 1.29 is 14.7 Å². The molecule has 0 aromatic carbocycles. The fraction of sp³-hybridized carbons (Fsp3) is 0.800. The van der Waals surface area contributed by atoms with Crippen LogP contribution in [-0.4, -0.2) is 29.6 Å². The van der Waals surface area contributed by atoms with Crippen LogP contribution in [0.4, 0.5) is 0 Å². The lowest BCUT2D eigenvalue weighted by Crippen LogP contribution is -2.44. The van der Waals surface area contributed by atoms with Gasteiger partial charge in [0, 0.05) is 6.42 Å². The molecule has 0 saturated heterocycles. The van der Waals surface area contributed by atoms with Gasteiger partial charge in [0.15, 0.2) is 0 Å². The summed E-state index contributed by atoms with van der Waals surface area (Å²) in [5.74, 6) is -1.31. The largest absolute Gasteiger partial charge is 0.480 e. The van der Waals surface area contributed by atoms with Crippen molar-refractivity contribution in [3.05, 3.63) is 0 Å². The Bertz CT molecular complexity index is 229. The number of amides is 1. The summed E-state index contributed by atoms with van der Waals surface area (Å²) in [5, 5.41) is 11.3. The molecule has 0 rings (SSSR count). The van der Waals surface area contributed by atoms with E-state index in [2.05, 4.69) is 5.32 Å². The number of rotatable bonds is 6. The molecule has 15 heavy (non-hydrogen) atoms. The summed E-state index contributed by atoms with van der Waals surface area (Å²) in [6.07, 6.45) is 0.271. The highest BCUT2D eigenvalue weighted by atomic mass is 16.4. The third kappa shape index (κ3) is 5.37. The maximum absolute atomic E-state index is 11.4. The first-order chi connectivity index (χ1) is 6.88. The van der Waals surface area contributed by atoms with Gasteiger partial charge in [0.25, 0.3) is 0 Å². The molecule has 0 radical (unpaired) electrons. The topological polar surface area (TPSA) is 92.4 Å². The Morgan fingerprint density at radius 3 is 2.20 bits per heavy atom. The van der Waals surface area contributed by atoms with Crippen LogP contribution in [0, 0.1) is 11.8 Å². The molecule has 0 aromatic rings. The third-order valence-electron chi connectivity index (χ3n) is 2.19. The highest BCUT2D eigenvalue weighted by molar-refractivity contribution is 5.83. The van der Waals surface area contributed by atoms with Crippen molar-refractivity contribution in [3.63, 3.8) is 0 Å². The van der Waals surface area contributed by atoms with Crippen LogP contribution in [0.1, 0.15) is 27.2 Å². The van der Waals surface area contributed by atoms with Gasteiger partial charge in [-0.15, -0.1) is 0 Å². The van der Waals surface area contributed by atoms with Crippen LogP contribution in [-0.2, 0) is 9.59 Å². The Balaban J connectivity index is 4.18. The minimum absolute atomic E-state index is 0.0756. The first-order valence-corrected chi connectivity index (χ1v) is 5.10. The maximum Gasteiger partial charge on any atom is 0.326 e. The van der Waals surface area contributed by atoms with E-state index in [1.807, 2.05) is 6.92 Å². The third-order valence-corrected chi connectivity index (χ3v) is 2.19. The van der Waals surface area contributed by atoms with Gasteiger partial charge in [-0.2, -0.15) is 0 Å². The second-order valence-electron chi connectivity index (χ2n) is 4.17. The fourth-order valence-corrected chi connectivity index (χ4v) is 1.15. The predicted molar refractivity (Wildman–Crippen MR) is 57.2 cm³/mol. The van der Waals surface area contributed by atoms with Gasteiger partial charge in [-0.1, -0.05) is 20.8 Å². The molecule has 5 heteroatoms. The minimum atomic E-state index is -1.00. The van der Waals surface area contributed by atoms with Gasteiger partial charge in [0.1, 0.15) is 6.04 Å². The molecule has 0 heterocycles. The van der Waals surface area contributed by atoms with Crippen molar-refractivity contribution in [1.82, 2.24) is 5.32 Å². The molecule has 0 fully saturated rings. The molecule has 1 amide bonds. The molecule has 1 unspecified atom stereocenters. The summed E-state index contributed by atoms with van der Waals surface area (Å²) in [5.41, 5.74) is 5.37. The fourth-order valence-electron chi connectivity index (χ4n) is 1.15. The number of nitrogens with one attached hydrogen (secondary N) is 1. The Labute approximate surface area is 90.0 Å². The molecular formula is C10H20N2O3. The molecular weight excluding hydrogens is 196 g/mol. The highest BCUT2D eigenvalue weighted by Gasteiger charge is 2.23. The van der Waals surface area contributed by atoms with Crippen LogP contribution in [0.25, 0.3) is 0 Å². The Hall–Kier alpha value is -1.10. The molecule has 0 aliphatic heterocycles. The van der Waals surface area contributed by atoms with E-state index in [0.717, 1.165) is 0 Å². The molecule has 0 bridgehead atoms. The van der Waals surface area contributed by atoms with Gasteiger partial charge >= 0.3 is 5.97 Å². The zero-order valence-corrected chi connectivity index (χ0v) is 9.49. The van der Waals surface area contributed by atoms with Crippen LogP contribution < -0.4 is 11.1 Å². The molecule has 4 N–H and O–H groups in total. The second kappa shape index (κ2) is 6.40. The molecule has 0 aromatic heterocycles. The first kappa shape index (κ1) is 13.9. The van der Waals surface area contributed by atoms with E-state index in [-0.39, 0.29) is 24.2 Å². The lowest BCUT2D eigenvalue weighted by molar-refractivity contribution is -0.143. The molecule has 88 valence electrons. The number of carboxylic acid groups (broad SMARTS) is 1. The molecule has 0 aliphatic rings. The van der Waals surface area contributed by atoms with Crippen molar-refractivity contribution in [3.8, 4) is 0 Å². The minimum Gasteiger partial charge on any atom is -0.480 e. The number of carbonyl (C=O) groups excluding carboxylic acids is 1. The van der Waals surface area contributed by atoms with Crippen molar-refractivity contribution >= 4 is 11.9 Å². The van der Waals surface area contributed by atoms with Crippen molar-refractivity contribution in [2.45, 2.75) is 33.2 Å². The van der Waals surface area contributed by atoms with Gasteiger partial charge in [0.2, 0.25) is 5.91 Å². The van der Waals surface area contributed by atoms with Gasteiger partial charge in [0.05, 0.1) is 0 Å². The summed E-state index contributed by atoms with van der Waals surface area (Å²) in [7, 11) is 0. The van der Waals surface area contributed by atoms with Crippen LogP contribution >= 0.6 is 0 Å². The SMILES string of the molecule is CC(CN)CC(=O)N[C@H](C(=O)O)C(C)C. The van der Waals surface area contributed by atoms with Gasteiger partial charge in [-0.25, -0.2) is 4.79 Å². The van der Waals surface area contributed by atoms with Crippen LogP contribution in [0.3, 0.4) is 0 Å². The van der Waals surface area contributed by atoms with E-state index in [0.29, 0.717) is 6.54 Å². The molecule has 0 spiro atoms. The van der Waals surface area contributed by atoms with E-state index in [1.54, 1.807) is 13.8 Å². The number of aliphatic carboxylic acids is 1. The summed E-state index contributed by atoms with van der Waals surface area (Å²) < 4.78 is 0. The standard InChI is InChI=1S/C10H20N2O3/c1-6(2)9(10(14)15)12-8(13)4-7(3)5-11/h6-7,9H,4-5,11H2,1-3H3,(H,12,13)(H,14,15)/t7?,9-/m0/s1. The monoisotopic (exact) mass is 216 g/mol. The Kier molecular flexibility index (Phi) is 5.93. The molecule has 0 saturated carbocycles. The smallest absolute Gasteiger partial charge is 0.326 e. The molecule has 5 nitrogen and oxygen atoms in total. The number of hydrogen-bond donors (Lipinski definition) is 3. The highest BCUT2D eigenvalue weighted by Crippen LogP contribution is 2.04. The average molecular weight is 216 g/mol. The zero-order valence-electron chi connectivity index (χ0n) is 9.49. The zero-order chi connectivity index (χ0) is 12.0. The average Bonchev–Trinajstić information content (AvgIpc) is 2.12. The van der Waals surface area contributed by atoms with E-state index >= 15 is 0 Å². The maximum atomic E-state index is 11.4. The van der Waals surface area contributed by atoms with Crippen LogP contribution in [0.2, 0.25) is 0 Å². The van der Waals surface area contributed by atoms with Crippen LogP contribution in [0.5, 0.6) is 0 Å². The van der Waals surface area contributed by atoms with Crippen LogP contribution in [0.15, 0.2) is 0 Å². The van der Waals surface area contributed by atoms with Gasteiger partial charge < -0.3 is 16.2 Å². The number of carbonyl (C=O) groups is 2. The lowest BCUT2D eigenvalue weighted by atomic mass is 10.0. The number of hydrogen-bond acceptors (Lipinski definition) is 3. The van der Waals surface area contributed by atoms with E-state index in [9.17, 15) is 9.59 Å².